The number of alkyl halides is 2. The van der Waals surface area contributed by atoms with Gasteiger partial charge in [0.25, 0.3) is 5.92 Å². The van der Waals surface area contributed by atoms with Crippen LogP contribution >= 0.6 is 0 Å². The minimum Gasteiger partial charge on any atom is -0.291 e. The van der Waals surface area contributed by atoms with Crippen molar-refractivity contribution in [1.29, 1.82) is 0 Å². The fourth-order valence-electron chi connectivity index (χ4n) is 1.39. The highest BCUT2D eigenvalue weighted by Gasteiger charge is 2.44. The first-order chi connectivity index (χ1) is 4.79. The van der Waals surface area contributed by atoms with Gasteiger partial charge in [-0.1, -0.05) is 20.8 Å². The van der Waals surface area contributed by atoms with Crippen molar-refractivity contribution in [3.05, 3.63) is 0 Å². The summed E-state index contributed by atoms with van der Waals surface area (Å²) in [4.78, 5) is 1.79. The average Bonchev–Trinajstić information content (AvgIpc) is 1.53. The molecule has 11 heavy (non-hydrogen) atoms. The molecule has 0 atom stereocenters. The maximum Gasteiger partial charge on any atom is 0.272 e. The second-order valence-corrected chi connectivity index (χ2v) is 4.56. The maximum atomic E-state index is 12.3. The third-order valence-corrected chi connectivity index (χ3v) is 1.61. The Kier molecular flexibility index (Phi) is 1.95. The van der Waals surface area contributed by atoms with Crippen molar-refractivity contribution in [1.82, 2.24) is 4.90 Å². The Labute approximate surface area is 66.4 Å². The van der Waals surface area contributed by atoms with Crippen molar-refractivity contribution in [2.45, 2.75) is 26.7 Å². The number of rotatable bonds is 1. The molecule has 0 aromatic heterocycles. The van der Waals surface area contributed by atoms with E-state index in [0.29, 0.717) is 0 Å². The molecular weight excluding hydrogens is 148 g/mol. The van der Waals surface area contributed by atoms with Gasteiger partial charge in [0.05, 0.1) is 13.1 Å². The molecule has 1 nitrogen and oxygen atoms in total. The average molecular weight is 163 g/mol. The van der Waals surface area contributed by atoms with Crippen LogP contribution in [0.4, 0.5) is 8.78 Å². The zero-order valence-electron chi connectivity index (χ0n) is 7.32. The highest BCUT2D eigenvalue weighted by Crippen LogP contribution is 2.29. The monoisotopic (exact) mass is 163 g/mol. The zero-order valence-corrected chi connectivity index (χ0v) is 7.32. The highest BCUT2D eigenvalue weighted by atomic mass is 19.3. The summed E-state index contributed by atoms with van der Waals surface area (Å²) in [6, 6.07) is 0. The SMILES string of the molecule is CC(C)(C)CN1CC(F)(F)C1. The molecule has 0 amide bonds. The van der Waals surface area contributed by atoms with Crippen molar-refractivity contribution < 1.29 is 8.78 Å². The van der Waals surface area contributed by atoms with Crippen LogP contribution in [0.25, 0.3) is 0 Å². The summed E-state index contributed by atoms with van der Waals surface area (Å²) in [5.74, 6) is -2.41. The molecule has 1 rings (SSSR count). The fraction of sp³-hybridized carbons (Fsp3) is 1.00. The van der Waals surface area contributed by atoms with Crippen LogP contribution in [0.2, 0.25) is 0 Å². The minimum absolute atomic E-state index is 0.0513. The van der Waals surface area contributed by atoms with Crippen LogP contribution in [0.1, 0.15) is 20.8 Å². The van der Waals surface area contributed by atoms with Gasteiger partial charge in [0.1, 0.15) is 0 Å². The van der Waals surface area contributed by atoms with Crippen molar-refractivity contribution in [3.63, 3.8) is 0 Å². The van der Waals surface area contributed by atoms with Crippen LogP contribution in [0.3, 0.4) is 0 Å². The Bertz CT molecular complexity index is 141. The second kappa shape index (κ2) is 2.41. The number of hydrogen-bond acceptors (Lipinski definition) is 1. The quantitative estimate of drug-likeness (QED) is 0.571. The van der Waals surface area contributed by atoms with Crippen molar-refractivity contribution in [2.75, 3.05) is 19.6 Å². The van der Waals surface area contributed by atoms with Crippen LogP contribution in [0.5, 0.6) is 0 Å². The number of hydrogen-bond donors (Lipinski definition) is 0. The van der Waals surface area contributed by atoms with Crippen LogP contribution in [0.15, 0.2) is 0 Å². The maximum absolute atomic E-state index is 12.3. The predicted molar refractivity (Wildman–Crippen MR) is 40.8 cm³/mol. The van der Waals surface area contributed by atoms with Crippen molar-refractivity contribution >= 4 is 0 Å². The van der Waals surface area contributed by atoms with E-state index in [1.807, 2.05) is 0 Å². The summed E-state index contributed by atoms with van der Waals surface area (Å²) in [6.45, 7) is 6.84. The van der Waals surface area contributed by atoms with E-state index in [2.05, 4.69) is 20.8 Å². The molecular formula is C8H15F2N. The van der Waals surface area contributed by atoms with E-state index in [4.69, 9.17) is 0 Å². The topological polar surface area (TPSA) is 3.24 Å². The van der Waals surface area contributed by atoms with Gasteiger partial charge in [-0.3, -0.25) is 4.90 Å². The molecule has 66 valence electrons. The van der Waals surface area contributed by atoms with Crippen LogP contribution in [-0.2, 0) is 0 Å². The molecule has 3 heteroatoms. The van der Waals surface area contributed by atoms with Gasteiger partial charge in [0.15, 0.2) is 0 Å². The molecule has 0 aromatic rings. The molecule has 1 aliphatic rings. The smallest absolute Gasteiger partial charge is 0.272 e. The Hall–Kier alpha value is -0.180. The van der Waals surface area contributed by atoms with E-state index in [-0.39, 0.29) is 18.5 Å². The summed E-state index contributed by atoms with van der Waals surface area (Å²) in [5, 5.41) is 0. The number of likely N-dealkylation sites (tertiary alicyclic amines) is 1. The van der Waals surface area contributed by atoms with E-state index in [1.165, 1.54) is 0 Å². The molecule has 0 radical (unpaired) electrons. The molecule has 0 bridgehead atoms. The number of nitrogens with zero attached hydrogens (tertiary/aromatic N) is 1. The highest BCUT2D eigenvalue weighted by molar-refractivity contribution is 4.88. The summed E-state index contributed by atoms with van der Waals surface area (Å²) < 4.78 is 24.6. The van der Waals surface area contributed by atoms with Gasteiger partial charge in [0, 0.05) is 6.54 Å². The molecule has 0 N–H and O–H groups in total. The fourth-order valence-corrected chi connectivity index (χ4v) is 1.39. The van der Waals surface area contributed by atoms with Crippen LogP contribution in [0, 0.1) is 5.41 Å². The van der Waals surface area contributed by atoms with Gasteiger partial charge in [-0.25, -0.2) is 8.78 Å². The molecule has 0 unspecified atom stereocenters. The lowest BCUT2D eigenvalue weighted by atomic mass is 9.94. The standard InChI is InChI=1S/C8H15F2N/c1-7(2,3)4-11-5-8(9,10)6-11/h4-6H2,1-3H3. The van der Waals surface area contributed by atoms with Crippen LogP contribution < -0.4 is 0 Å². The molecule has 0 spiro atoms. The van der Waals surface area contributed by atoms with Gasteiger partial charge >= 0.3 is 0 Å². The van der Waals surface area contributed by atoms with Crippen molar-refractivity contribution in [3.8, 4) is 0 Å². The third-order valence-electron chi connectivity index (χ3n) is 1.61. The van der Waals surface area contributed by atoms with E-state index in [1.54, 1.807) is 4.90 Å². The van der Waals surface area contributed by atoms with E-state index < -0.39 is 5.92 Å². The Morgan fingerprint density at radius 1 is 1.27 bits per heavy atom. The summed E-state index contributed by atoms with van der Waals surface area (Å²) in [5.41, 5.74) is 0.135. The van der Waals surface area contributed by atoms with Gasteiger partial charge in [-0.05, 0) is 5.41 Å². The normalized spacial score (nSPS) is 24.8. The lowest BCUT2D eigenvalue weighted by Crippen LogP contribution is -2.57. The van der Waals surface area contributed by atoms with Gasteiger partial charge in [-0.15, -0.1) is 0 Å². The van der Waals surface area contributed by atoms with Gasteiger partial charge in [0.2, 0.25) is 0 Å². The molecule has 1 fully saturated rings. The largest absolute Gasteiger partial charge is 0.291 e. The third kappa shape index (κ3) is 2.73. The number of halogens is 2. The van der Waals surface area contributed by atoms with Gasteiger partial charge < -0.3 is 0 Å². The summed E-state index contributed by atoms with van der Waals surface area (Å²) >= 11 is 0. The summed E-state index contributed by atoms with van der Waals surface area (Å²) in [6.07, 6.45) is 0. The Morgan fingerprint density at radius 2 is 1.73 bits per heavy atom. The first-order valence-electron chi connectivity index (χ1n) is 3.89. The predicted octanol–water partition coefficient (Wildman–Crippen LogP) is 1.98. The lowest BCUT2D eigenvalue weighted by Gasteiger charge is -2.41. The molecule has 1 saturated heterocycles. The molecule has 0 aromatic carbocycles. The Balaban J connectivity index is 2.24. The lowest BCUT2D eigenvalue weighted by molar-refractivity contribution is -0.138. The van der Waals surface area contributed by atoms with E-state index in [0.717, 1.165) is 6.54 Å². The van der Waals surface area contributed by atoms with Gasteiger partial charge in [-0.2, -0.15) is 0 Å². The molecule has 1 aliphatic heterocycles. The molecule has 0 saturated carbocycles. The molecule has 0 aliphatic carbocycles. The summed E-state index contributed by atoms with van der Waals surface area (Å²) in [7, 11) is 0. The van der Waals surface area contributed by atoms with Crippen LogP contribution in [-0.4, -0.2) is 30.5 Å². The van der Waals surface area contributed by atoms with E-state index in [9.17, 15) is 8.78 Å². The van der Waals surface area contributed by atoms with Crippen molar-refractivity contribution in [2.24, 2.45) is 5.41 Å². The molecule has 1 heterocycles. The zero-order chi connectivity index (χ0) is 8.70. The first kappa shape index (κ1) is 8.91. The Morgan fingerprint density at radius 3 is 2.00 bits per heavy atom. The van der Waals surface area contributed by atoms with E-state index >= 15 is 0 Å². The minimum atomic E-state index is -2.41. The first-order valence-corrected chi connectivity index (χ1v) is 3.89. The second-order valence-electron chi connectivity index (χ2n) is 4.56.